The standard InChI is InChI=1S/C9H13NO2.H2/c1-10-9(11)12-7-8-5-3-2-4-6-8;/h3,5-6H,2,4,7H2,1H3,(H,10,11);1H. The Bertz CT molecular complexity index is 224. The van der Waals surface area contributed by atoms with Gasteiger partial charge in [0.05, 0.1) is 0 Å². The van der Waals surface area contributed by atoms with Crippen molar-refractivity contribution in [2.75, 3.05) is 13.7 Å². The molecule has 3 nitrogen and oxygen atoms in total. The average Bonchev–Trinajstić information content (AvgIpc) is 2.16. The first-order valence-corrected chi connectivity index (χ1v) is 4.03. The first-order chi connectivity index (χ1) is 5.83. The lowest BCUT2D eigenvalue weighted by atomic mass is 10.1. The normalized spacial score (nSPS) is 15.2. The molecule has 0 atom stereocenters. The number of ether oxygens (including phenoxy) is 1. The number of amides is 1. The molecule has 0 bridgehead atoms. The number of hydrogen-bond donors (Lipinski definition) is 1. The summed E-state index contributed by atoms with van der Waals surface area (Å²) in [5.41, 5.74) is 1.07. The molecular formula is C9H15NO2. The second-order valence-electron chi connectivity index (χ2n) is 2.58. The smallest absolute Gasteiger partial charge is 0.407 e. The van der Waals surface area contributed by atoms with Crippen molar-refractivity contribution in [1.82, 2.24) is 5.32 Å². The van der Waals surface area contributed by atoms with Crippen LogP contribution in [0.2, 0.25) is 0 Å². The molecule has 1 N–H and O–H groups in total. The van der Waals surface area contributed by atoms with Gasteiger partial charge in [-0.25, -0.2) is 4.79 Å². The lowest BCUT2D eigenvalue weighted by molar-refractivity contribution is 0.159. The van der Waals surface area contributed by atoms with Crippen LogP contribution in [0.5, 0.6) is 0 Å². The van der Waals surface area contributed by atoms with Crippen molar-refractivity contribution in [1.29, 1.82) is 0 Å². The van der Waals surface area contributed by atoms with Crippen LogP contribution >= 0.6 is 0 Å². The van der Waals surface area contributed by atoms with Gasteiger partial charge < -0.3 is 10.1 Å². The molecule has 1 amide bonds. The summed E-state index contributed by atoms with van der Waals surface area (Å²) in [6, 6.07) is 0. The summed E-state index contributed by atoms with van der Waals surface area (Å²) in [5, 5.41) is 2.39. The zero-order chi connectivity index (χ0) is 8.81. The molecule has 0 unspecified atom stereocenters. The van der Waals surface area contributed by atoms with Crippen LogP contribution in [0.3, 0.4) is 0 Å². The number of carbonyl (C=O) groups is 1. The van der Waals surface area contributed by atoms with Crippen LogP contribution in [0.25, 0.3) is 0 Å². The fraction of sp³-hybridized carbons (Fsp3) is 0.444. The minimum atomic E-state index is -0.380. The summed E-state index contributed by atoms with van der Waals surface area (Å²) in [6.45, 7) is 0.371. The van der Waals surface area contributed by atoms with Crippen LogP contribution in [-0.4, -0.2) is 19.7 Å². The topological polar surface area (TPSA) is 38.3 Å². The number of allylic oxidation sites excluding steroid dienone is 2. The number of nitrogens with one attached hydrogen (secondary N) is 1. The molecule has 0 aromatic rings. The first kappa shape index (κ1) is 8.84. The number of carbonyl (C=O) groups excluding carboxylic acids is 1. The molecule has 1 aliphatic carbocycles. The predicted molar refractivity (Wildman–Crippen MR) is 49.0 cm³/mol. The first-order valence-electron chi connectivity index (χ1n) is 4.03. The average molecular weight is 169 g/mol. The molecule has 0 spiro atoms. The van der Waals surface area contributed by atoms with Crippen molar-refractivity contribution in [3.63, 3.8) is 0 Å². The summed E-state index contributed by atoms with van der Waals surface area (Å²) in [7, 11) is 1.55. The Morgan fingerprint density at radius 1 is 1.75 bits per heavy atom. The SMILES string of the molecule is CNC(=O)OCC1=CCCC=C1.[HH]. The number of alkyl carbamates (subject to hydrolysis) is 1. The van der Waals surface area contributed by atoms with E-state index in [0.29, 0.717) is 6.61 Å². The zero-order valence-corrected chi connectivity index (χ0v) is 7.17. The Morgan fingerprint density at radius 2 is 2.58 bits per heavy atom. The van der Waals surface area contributed by atoms with Crippen molar-refractivity contribution in [3.05, 3.63) is 23.8 Å². The Morgan fingerprint density at radius 3 is 3.17 bits per heavy atom. The monoisotopic (exact) mass is 169 g/mol. The Labute approximate surface area is 73.6 Å². The molecule has 12 heavy (non-hydrogen) atoms. The summed E-state index contributed by atoms with van der Waals surface area (Å²) < 4.78 is 4.86. The molecule has 0 heterocycles. The van der Waals surface area contributed by atoms with Crippen LogP contribution in [0.1, 0.15) is 14.3 Å². The van der Waals surface area contributed by atoms with Crippen molar-refractivity contribution in [3.8, 4) is 0 Å². The molecule has 68 valence electrons. The van der Waals surface area contributed by atoms with Gasteiger partial charge in [-0.15, -0.1) is 0 Å². The van der Waals surface area contributed by atoms with Crippen LogP contribution in [-0.2, 0) is 4.74 Å². The van der Waals surface area contributed by atoms with Crippen molar-refractivity contribution in [2.24, 2.45) is 0 Å². The van der Waals surface area contributed by atoms with E-state index in [2.05, 4.69) is 17.5 Å². The van der Waals surface area contributed by atoms with E-state index < -0.39 is 0 Å². The highest BCUT2D eigenvalue weighted by atomic mass is 16.5. The van der Waals surface area contributed by atoms with Gasteiger partial charge in [0.2, 0.25) is 0 Å². The van der Waals surface area contributed by atoms with Gasteiger partial charge in [-0.2, -0.15) is 0 Å². The van der Waals surface area contributed by atoms with Gasteiger partial charge in [0.1, 0.15) is 6.61 Å². The summed E-state index contributed by atoms with van der Waals surface area (Å²) in [6.07, 6.45) is 7.92. The van der Waals surface area contributed by atoms with Gasteiger partial charge in [0, 0.05) is 8.47 Å². The van der Waals surface area contributed by atoms with E-state index in [4.69, 9.17) is 4.74 Å². The molecule has 0 aliphatic heterocycles. The lowest BCUT2D eigenvalue weighted by Gasteiger charge is -2.07. The van der Waals surface area contributed by atoms with Gasteiger partial charge in [-0.05, 0) is 18.4 Å². The van der Waals surface area contributed by atoms with Gasteiger partial charge in [-0.1, -0.05) is 18.2 Å². The molecule has 0 aromatic heterocycles. The van der Waals surface area contributed by atoms with Gasteiger partial charge >= 0.3 is 6.09 Å². The molecule has 0 saturated carbocycles. The largest absolute Gasteiger partial charge is 0.445 e. The molecule has 0 fully saturated rings. The lowest BCUT2D eigenvalue weighted by Crippen LogP contribution is -2.20. The molecule has 1 aliphatic rings. The minimum absolute atomic E-state index is 0. The maximum atomic E-state index is 10.7. The Kier molecular flexibility index (Phi) is 3.38. The van der Waals surface area contributed by atoms with Crippen molar-refractivity contribution >= 4 is 6.09 Å². The third-order valence-corrected chi connectivity index (χ3v) is 1.65. The molecule has 1 rings (SSSR count). The maximum absolute atomic E-state index is 10.7. The minimum Gasteiger partial charge on any atom is -0.445 e. The van der Waals surface area contributed by atoms with E-state index in [1.807, 2.05) is 6.08 Å². The Balaban J connectivity index is 0.00000144. The third-order valence-electron chi connectivity index (χ3n) is 1.65. The van der Waals surface area contributed by atoms with Crippen LogP contribution in [0.15, 0.2) is 23.8 Å². The second-order valence-corrected chi connectivity index (χ2v) is 2.58. The zero-order valence-electron chi connectivity index (χ0n) is 7.17. The fourth-order valence-electron chi connectivity index (χ4n) is 0.996. The number of hydrogen-bond acceptors (Lipinski definition) is 2. The van der Waals surface area contributed by atoms with Gasteiger partial charge in [0.25, 0.3) is 0 Å². The molecule has 0 saturated heterocycles. The number of rotatable bonds is 2. The van der Waals surface area contributed by atoms with E-state index in [-0.39, 0.29) is 7.52 Å². The molecule has 3 heteroatoms. The van der Waals surface area contributed by atoms with Crippen LogP contribution in [0, 0.1) is 0 Å². The Hall–Kier alpha value is -1.25. The quantitative estimate of drug-likeness (QED) is 0.685. The highest BCUT2D eigenvalue weighted by Crippen LogP contribution is 2.09. The van der Waals surface area contributed by atoms with E-state index in [1.54, 1.807) is 7.05 Å². The van der Waals surface area contributed by atoms with E-state index in [9.17, 15) is 4.79 Å². The summed E-state index contributed by atoms with van der Waals surface area (Å²) >= 11 is 0. The molecule has 0 aromatic carbocycles. The molecular weight excluding hydrogens is 154 g/mol. The highest BCUT2D eigenvalue weighted by Gasteiger charge is 2.00. The summed E-state index contributed by atoms with van der Waals surface area (Å²) in [5.74, 6) is 0. The second kappa shape index (κ2) is 4.59. The van der Waals surface area contributed by atoms with Crippen molar-refractivity contribution < 1.29 is 11.0 Å². The maximum Gasteiger partial charge on any atom is 0.407 e. The van der Waals surface area contributed by atoms with E-state index in [0.717, 1.165) is 18.4 Å². The highest BCUT2D eigenvalue weighted by molar-refractivity contribution is 5.66. The van der Waals surface area contributed by atoms with E-state index >= 15 is 0 Å². The predicted octanol–water partition coefficient (Wildman–Crippen LogP) is 1.86. The summed E-state index contributed by atoms with van der Waals surface area (Å²) in [4.78, 5) is 10.7. The molecule has 0 radical (unpaired) electrons. The van der Waals surface area contributed by atoms with Crippen LogP contribution in [0.4, 0.5) is 4.79 Å². The van der Waals surface area contributed by atoms with Crippen molar-refractivity contribution in [2.45, 2.75) is 12.8 Å². The third kappa shape index (κ3) is 2.78. The van der Waals surface area contributed by atoms with Crippen LogP contribution < -0.4 is 5.32 Å². The van der Waals surface area contributed by atoms with Gasteiger partial charge in [-0.3, -0.25) is 0 Å². The van der Waals surface area contributed by atoms with Gasteiger partial charge in [0.15, 0.2) is 0 Å². The van der Waals surface area contributed by atoms with E-state index in [1.165, 1.54) is 0 Å². The fourth-order valence-corrected chi connectivity index (χ4v) is 0.996.